The molecule has 2 heteroatoms. The van der Waals surface area contributed by atoms with E-state index in [0.29, 0.717) is 0 Å². The highest BCUT2D eigenvalue weighted by atomic mass is 19.1. The summed E-state index contributed by atoms with van der Waals surface area (Å²) >= 11 is 0. The Morgan fingerprint density at radius 3 is 2.50 bits per heavy atom. The van der Waals surface area contributed by atoms with Gasteiger partial charge in [-0.1, -0.05) is 13.0 Å². The van der Waals surface area contributed by atoms with Gasteiger partial charge >= 0.3 is 0 Å². The molecule has 0 radical (unpaired) electrons. The van der Waals surface area contributed by atoms with E-state index in [9.17, 15) is 4.39 Å². The minimum Gasteiger partial charge on any atom is -0.327 e. The van der Waals surface area contributed by atoms with Gasteiger partial charge in [-0.25, -0.2) is 4.39 Å². The topological polar surface area (TPSA) is 26.0 Å². The van der Waals surface area contributed by atoms with E-state index in [2.05, 4.69) is 6.92 Å². The number of rotatable bonds is 3. The van der Waals surface area contributed by atoms with Crippen LogP contribution < -0.4 is 5.73 Å². The van der Waals surface area contributed by atoms with Gasteiger partial charge in [-0.05, 0) is 55.9 Å². The largest absolute Gasteiger partial charge is 0.327 e. The Morgan fingerprint density at radius 2 is 2.06 bits per heavy atom. The van der Waals surface area contributed by atoms with Gasteiger partial charge in [0.25, 0.3) is 0 Å². The van der Waals surface area contributed by atoms with E-state index < -0.39 is 0 Å². The average molecular weight is 221 g/mol. The van der Waals surface area contributed by atoms with Crippen molar-refractivity contribution in [2.45, 2.75) is 51.5 Å². The van der Waals surface area contributed by atoms with Crippen molar-refractivity contribution in [3.63, 3.8) is 0 Å². The zero-order valence-electron chi connectivity index (χ0n) is 10.3. The highest BCUT2D eigenvalue weighted by Gasteiger charge is 2.48. The summed E-state index contributed by atoms with van der Waals surface area (Å²) in [5.41, 5.74) is 9.32. The highest BCUT2D eigenvalue weighted by Crippen LogP contribution is 2.51. The third kappa shape index (κ3) is 1.65. The van der Waals surface area contributed by atoms with Gasteiger partial charge in [-0.2, -0.15) is 0 Å². The summed E-state index contributed by atoms with van der Waals surface area (Å²) in [4.78, 5) is 0. The van der Waals surface area contributed by atoms with Crippen molar-refractivity contribution >= 4 is 0 Å². The molecule has 1 aliphatic rings. The normalized spacial score (nSPS) is 19.6. The monoisotopic (exact) mass is 221 g/mol. The molecule has 0 amide bonds. The van der Waals surface area contributed by atoms with Crippen LogP contribution in [0, 0.1) is 12.7 Å². The number of benzene rings is 1. The molecule has 0 bridgehead atoms. The van der Waals surface area contributed by atoms with E-state index in [1.54, 1.807) is 6.07 Å². The molecular formula is C14H20FN. The molecule has 1 aliphatic carbocycles. The molecule has 0 spiro atoms. The molecule has 1 fully saturated rings. The Bertz CT molecular complexity index is 405. The Balaban J connectivity index is 2.49. The number of halogens is 1. The molecule has 1 aromatic carbocycles. The molecule has 16 heavy (non-hydrogen) atoms. The molecule has 88 valence electrons. The van der Waals surface area contributed by atoms with Crippen molar-refractivity contribution < 1.29 is 4.39 Å². The van der Waals surface area contributed by atoms with Crippen LogP contribution in [0.2, 0.25) is 0 Å². The lowest BCUT2D eigenvalue weighted by molar-refractivity contribution is 0.548. The van der Waals surface area contributed by atoms with Crippen LogP contribution in [0.4, 0.5) is 4.39 Å². The fourth-order valence-corrected chi connectivity index (χ4v) is 2.63. The molecule has 0 aliphatic heterocycles. The van der Waals surface area contributed by atoms with Crippen LogP contribution in [-0.4, -0.2) is 6.04 Å². The van der Waals surface area contributed by atoms with E-state index in [1.807, 2.05) is 19.9 Å². The Hall–Kier alpha value is -0.890. The smallest absolute Gasteiger partial charge is 0.126 e. The predicted octanol–water partition coefficient (Wildman–Crippen LogP) is 3.08. The van der Waals surface area contributed by atoms with Gasteiger partial charge in [-0.15, -0.1) is 0 Å². The summed E-state index contributed by atoms with van der Waals surface area (Å²) in [5.74, 6) is -0.0794. The maximum atomic E-state index is 13.6. The van der Waals surface area contributed by atoms with Crippen molar-refractivity contribution in [1.82, 2.24) is 0 Å². The first-order valence-electron chi connectivity index (χ1n) is 6.06. The van der Waals surface area contributed by atoms with Crippen molar-refractivity contribution in [2.24, 2.45) is 5.73 Å². The second-order valence-electron chi connectivity index (χ2n) is 5.06. The molecular weight excluding hydrogens is 201 g/mol. The Kier molecular flexibility index (Phi) is 2.79. The lowest BCUT2D eigenvalue weighted by atomic mass is 9.85. The van der Waals surface area contributed by atoms with E-state index >= 15 is 0 Å². The number of aryl methyl sites for hydroxylation is 2. The fourth-order valence-electron chi connectivity index (χ4n) is 2.63. The molecule has 0 heterocycles. The summed E-state index contributed by atoms with van der Waals surface area (Å²) in [5, 5.41) is 0. The fraction of sp³-hybridized carbons (Fsp3) is 0.571. The van der Waals surface area contributed by atoms with Crippen molar-refractivity contribution in [3.8, 4) is 0 Å². The molecule has 1 atom stereocenters. The quantitative estimate of drug-likeness (QED) is 0.834. The highest BCUT2D eigenvalue weighted by molar-refractivity contribution is 5.42. The average Bonchev–Trinajstić information content (AvgIpc) is 2.99. The predicted molar refractivity (Wildman–Crippen MR) is 65.1 cm³/mol. The van der Waals surface area contributed by atoms with Gasteiger partial charge in [0.1, 0.15) is 5.82 Å². The Labute approximate surface area is 96.9 Å². The molecule has 0 aromatic heterocycles. The molecule has 1 unspecified atom stereocenters. The first-order chi connectivity index (χ1) is 7.51. The van der Waals surface area contributed by atoms with Gasteiger partial charge < -0.3 is 5.73 Å². The van der Waals surface area contributed by atoms with Crippen molar-refractivity contribution in [3.05, 3.63) is 34.6 Å². The van der Waals surface area contributed by atoms with Gasteiger partial charge in [0, 0.05) is 11.5 Å². The van der Waals surface area contributed by atoms with E-state index in [1.165, 1.54) is 5.56 Å². The van der Waals surface area contributed by atoms with Gasteiger partial charge in [0.15, 0.2) is 0 Å². The maximum Gasteiger partial charge on any atom is 0.126 e. The summed E-state index contributed by atoms with van der Waals surface area (Å²) in [6, 6.07) is 3.85. The van der Waals surface area contributed by atoms with Crippen LogP contribution in [0.3, 0.4) is 0 Å². The summed E-state index contributed by atoms with van der Waals surface area (Å²) < 4.78 is 13.6. The molecule has 1 saturated carbocycles. The lowest BCUT2D eigenvalue weighted by Gasteiger charge is -2.23. The van der Waals surface area contributed by atoms with Crippen molar-refractivity contribution in [1.29, 1.82) is 0 Å². The minimum absolute atomic E-state index is 0.0794. The molecule has 0 saturated heterocycles. The van der Waals surface area contributed by atoms with Crippen LogP contribution in [0.25, 0.3) is 0 Å². The van der Waals surface area contributed by atoms with E-state index in [4.69, 9.17) is 5.73 Å². The van der Waals surface area contributed by atoms with E-state index in [0.717, 1.165) is 30.4 Å². The molecule has 1 nitrogen and oxygen atoms in total. The van der Waals surface area contributed by atoms with Crippen LogP contribution >= 0.6 is 0 Å². The zero-order chi connectivity index (χ0) is 11.9. The molecule has 2 N–H and O–H groups in total. The van der Waals surface area contributed by atoms with E-state index in [-0.39, 0.29) is 17.3 Å². The summed E-state index contributed by atoms with van der Waals surface area (Å²) in [7, 11) is 0. The minimum atomic E-state index is -0.0794. The second-order valence-corrected chi connectivity index (χ2v) is 5.06. The molecule has 2 rings (SSSR count). The zero-order valence-corrected chi connectivity index (χ0v) is 10.3. The SMILES string of the molecule is CCc1cc(C2(C(C)N)CC2)c(C)cc1F. The number of hydrogen-bond donors (Lipinski definition) is 1. The van der Waals surface area contributed by atoms with Gasteiger partial charge in [-0.3, -0.25) is 0 Å². The summed E-state index contributed by atoms with van der Waals surface area (Å²) in [6.45, 7) is 6.03. The van der Waals surface area contributed by atoms with Crippen LogP contribution in [0.5, 0.6) is 0 Å². The van der Waals surface area contributed by atoms with Crippen molar-refractivity contribution in [2.75, 3.05) is 0 Å². The second kappa shape index (κ2) is 3.85. The standard InChI is InChI=1S/C14H20FN/c1-4-11-8-12(9(2)7-13(11)15)14(5-6-14)10(3)16/h7-8,10H,4-6,16H2,1-3H3. The third-order valence-electron chi connectivity index (χ3n) is 3.97. The number of hydrogen-bond acceptors (Lipinski definition) is 1. The van der Waals surface area contributed by atoms with Crippen LogP contribution in [0.15, 0.2) is 12.1 Å². The lowest BCUT2D eigenvalue weighted by Crippen LogP contribution is -2.32. The Morgan fingerprint density at radius 1 is 1.44 bits per heavy atom. The van der Waals surface area contributed by atoms with Crippen LogP contribution in [-0.2, 0) is 11.8 Å². The van der Waals surface area contributed by atoms with Crippen LogP contribution in [0.1, 0.15) is 43.4 Å². The van der Waals surface area contributed by atoms with Gasteiger partial charge in [0.05, 0.1) is 0 Å². The number of nitrogens with two attached hydrogens (primary N) is 1. The molecule has 1 aromatic rings. The van der Waals surface area contributed by atoms with Gasteiger partial charge in [0.2, 0.25) is 0 Å². The first kappa shape index (κ1) is 11.6. The first-order valence-corrected chi connectivity index (χ1v) is 6.06. The third-order valence-corrected chi connectivity index (χ3v) is 3.97. The maximum absolute atomic E-state index is 13.6. The summed E-state index contributed by atoms with van der Waals surface area (Å²) in [6.07, 6.45) is 3.02.